The third kappa shape index (κ3) is 2.54. The summed E-state index contributed by atoms with van der Waals surface area (Å²) in [5, 5.41) is 0. The minimum absolute atomic E-state index is 0.310. The molecule has 0 amide bonds. The molecule has 1 fully saturated rings. The number of para-hydroxylation sites is 1. The Kier molecular flexibility index (Phi) is 3.64. The van der Waals surface area contributed by atoms with Gasteiger partial charge in [0, 0.05) is 42.6 Å². The Labute approximate surface area is 153 Å². The Morgan fingerprint density at radius 3 is 3.00 bits per heavy atom. The maximum absolute atomic E-state index is 5.56. The molecule has 0 N–H and O–H groups in total. The number of hydrogen-bond acceptors (Lipinski definition) is 4. The van der Waals surface area contributed by atoms with Gasteiger partial charge in [-0.25, -0.2) is 4.98 Å². The molecule has 0 unspecified atom stereocenters. The topological polar surface area (TPSA) is 43.4 Å². The van der Waals surface area contributed by atoms with E-state index in [1.165, 1.54) is 23.5 Å². The molecule has 1 saturated heterocycles. The van der Waals surface area contributed by atoms with Gasteiger partial charge in [-0.05, 0) is 31.2 Å². The van der Waals surface area contributed by atoms with Crippen LogP contribution in [0.15, 0.2) is 53.5 Å². The lowest BCUT2D eigenvalue weighted by molar-refractivity contribution is 0.247. The zero-order valence-electron chi connectivity index (χ0n) is 15.0. The molecule has 2 aliphatic rings. The van der Waals surface area contributed by atoms with Gasteiger partial charge in [-0.15, -0.1) is 0 Å². The van der Waals surface area contributed by atoms with Gasteiger partial charge in [0.15, 0.2) is 0 Å². The van der Waals surface area contributed by atoms with Crippen LogP contribution >= 0.6 is 0 Å². The molecule has 0 aliphatic carbocycles. The van der Waals surface area contributed by atoms with Crippen LogP contribution in [0.3, 0.4) is 0 Å². The van der Waals surface area contributed by atoms with Gasteiger partial charge in [0.1, 0.15) is 11.6 Å². The molecule has 2 aliphatic heterocycles. The number of ether oxygens (including phenoxy) is 1. The summed E-state index contributed by atoms with van der Waals surface area (Å²) >= 11 is 0. The molecule has 1 aromatic carbocycles. The number of rotatable bonds is 4. The summed E-state index contributed by atoms with van der Waals surface area (Å²) in [6, 6.07) is 10.3. The van der Waals surface area contributed by atoms with Crippen LogP contribution in [0.5, 0.6) is 5.75 Å². The number of fused-ring (bicyclic) bond motifs is 1. The molecule has 0 radical (unpaired) electrons. The van der Waals surface area contributed by atoms with Crippen molar-refractivity contribution < 1.29 is 9.15 Å². The smallest absolute Gasteiger partial charge is 0.128 e. The predicted octanol–water partition coefficient (Wildman–Crippen LogP) is 3.60. The van der Waals surface area contributed by atoms with Crippen LogP contribution in [0, 0.1) is 5.41 Å². The van der Waals surface area contributed by atoms with Gasteiger partial charge in [-0.1, -0.05) is 12.1 Å². The van der Waals surface area contributed by atoms with Crippen LogP contribution in [0.4, 0.5) is 0 Å². The summed E-state index contributed by atoms with van der Waals surface area (Å²) in [6.07, 6.45) is 7.89. The highest BCUT2D eigenvalue weighted by Crippen LogP contribution is 2.43. The van der Waals surface area contributed by atoms with E-state index in [1.54, 1.807) is 13.4 Å². The van der Waals surface area contributed by atoms with E-state index in [0.29, 0.717) is 5.41 Å². The molecule has 5 heteroatoms. The first kappa shape index (κ1) is 15.7. The molecule has 5 rings (SSSR count). The van der Waals surface area contributed by atoms with E-state index in [2.05, 4.69) is 27.7 Å². The minimum atomic E-state index is 0.310. The van der Waals surface area contributed by atoms with Crippen LogP contribution in [-0.4, -0.2) is 34.7 Å². The number of aromatic nitrogens is 2. The summed E-state index contributed by atoms with van der Waals surface area (Å²) < 4.78 is 13.2. The van der Waals surface area contributed by atoms with Crippen molar-refractivity contribution in [1.82, 2.24) is 14.5 Å². The lowest BCUT2D eigenvalue weighted by atomic mass is 9.86. The second-order valence-electron chi connectivity index (χ2n) is 7.62. The number of methoxy groups -OCH3 is 1. The fourth-order valence-corrected chi connectivity index (χ4v) is 4.61. The van der Waals surface area contributed by atoms with Gasteiger partial charge in [0.05, 0.1) is 31.5 Å². The molecule has 5 nitrogen and oxygen atoms in total. The average molecular weight is 349 g/mol. The predicted molar refractivity (Wildman–Crippen MR) is 99.0 cm³/mol. The van der Waals surface area contributed by atoms with Crippen molar-refractivity contribution >= 4 is 0 Å². The molecular formula is C21H23N3O2. The maximum atomic E-state index is 5.56. The van der Waals surface area contributed by atoms with E-state index in [9.17, 15) is 0 Å². The van der Waals surface area contributed by atoms with Crippen LogP contribution in [0.1, 0.15) is 17.8 Å². The minimum Gasteiger partial charge on any atom is -0.496 e. The molecule has 26 heavy (non-hydrogen) atoms. The second kappa shape index (κ2) is 6.02. The average Bonchev–Trinajstić information content (AvgIpc) is 3.42. The van der Waals surface area contributed by atoms with E-state index in [4.69, 9.17) is 14.1 Å². The summed E-state index contributed by atoms with van der Waals surface area (Å²) in [7, 11) is 1.73. The first-order valence-electron chi connectivity index (χ1n) is 9.18. The lowest BCUT2D eigenvalue weighted by Crippen LogP contribution is -2.28. The van der Waals surface area contributed by atoms with Crippen molar-refractivity contribution in [2.45, 2.75) is 25.9 Å². The quantitative estimate of drug-likeness (QED) is 0.722. The highest BCUT2D eigenvalue weighted by Gasteiger charge is 2.44. The fourth-order valence-electron chi connectivity index (χ4n) is 4.61. The van der Waals surface area contributed by atoms with E-state index in [0.717, 1.165) is 43.9 Å². The van der Waals surface area contributed by atoms with Gasteiger partial charge in [-0.2, -0.15) is 0 Å². The molecule has 1 spiro atoms. The normalized spacial score (nSPS) is 22.2. The number of benzene rings is 1. The van der Waals surface area contributed by atoms with Crippen molar-refractivity contribution in [3.8, 4) is 17.0 Å². The second-order valence-corrected chi connectivity index (χ2v) is 7.62. The zero-order chi connectivity index (χ0) is 17.6. The van der Waals surface area contributed by atoms with Crippen molar-refractivity contribution in [3.63, 3.8) is 0 Å². The SMILES string of the molecule is COc1ccccc1-c1cnc2n1C[C@@]1(CCN(Cc3ccoc3)C1)C2. The highest BCUT2D eigenvalue weighted by atomic mass is 16.5. The zero-order valence-corrected chi connectivity index (χ0v) is 15.0. The van der Waals surface area contributed by atoms with Crippen LogP contribution < -0.4 is 4.74 Å². The van der Waals surface area contributed by atoms with Crippen LogP contribution in [-0.2, 0) is 19.5 Å². The summed E-state index contributed by atoms with van der Waals surface area (Å²) in [6.45, 7) is 4.27. The van der Waals surface area contributed by atoms with Crippen molar-refractivity contribution in [2.24, 2.45) is 5.41 Å². The standard InChI is InChI=1S/C21H23N3O2/c1-25-19-5-3-2-4-17(19)18-11-22-20-10-21(15-24(18)20)7-8-23(14-21)12-16-6-9-26-13-16/h2-6,9,11,13H,7-8,10,12,14-15H2,1H3/t21-/m0/s1. The number of imidazole rings is 1. The number of hydrogen-bond donors (Lipinski definition) is 0. The molecular weight excluding hydrogens is 326 g/mol. The molecule has 0 bridgehead atoms. The number of likely N-dealkylation sites (tertiary alicyclic amines) is 1. The molecule has 2 aromatic heterocycles. The van der Waals surface area contributed by atoms with Gasteiger partial charge in [0.25, 0.3) is 0 Å². The molecule has 4 heterocycles. The first-order valence-corrected chi connectivity index (χ1v) is 9.18. The monoisotopic (exact) mass is 349 g/mol. The third-order valence-electron chi connectivity index (χ3n) is 5.85. The lowest BCUT2D eigenvalue weighted by Gasteiger charge is -2.23. The number of furan rings is 1. The maximum Gasteiger partial charge on any atom is 0.128 e. The van der Waals surface area contributed by atoms with Gasteiger partial charge in [0.2, 0.25) is 0 Å². The van der Waals surface area contributed by atoms with Crippen LogP contribution in [0.2, 0.25) is 0 Å². The van der Waals surface area contributed by atoms with Crippen molar-refractivity contribution in [2.75, 3.05) is 20.2 Å². The third-order valence-corrected chi connectivity index (χ3v) is 5.85. The van der Waals surface area contributed by atoms with E-state index in [-0.39, 0.29) is 0 Å². The fraction of sp³-hybridized carbons (Fsp3) is 0.381. The Balaban J connectivity index is 1.38. The van der Waals surface area contributed by atoms with Crippen LogP contribution in [0.25, 0.3) is 11.3 Å². The Morgan fingerprint density at radius 1 is 1.23 bits per heavy atom. The van der Waals surface area contributed by atoms with E-state index in [1.807, 2.05) is 24.6 Å². The molecule has 1 atom stereocenters. The first-order chi connectivity index (χ1) is 12.8. The Bertz CT molecular complexity index is 915. The largest absolute Gasteiger partial charge is 0.496 e. The Morgan fingerprint density at radius 2 is 2.15 bits per heavy atom. The molecule has 134 valence electrons. The van der Waals surface area contributed by atoms with E-state index >= 15 is 0 Å². The van der Waals surface area contributed by atoms with Crippen molar-refractivity contribution in [1.29, 1.82) is 0 Å². The highest BCUT2D eigenvalue weighted by molar-refractivity contribution is 5.67. The summed E-state index contributed by atoms with van der Waals surface area (Å²) in [5.74, 6) is 2.11. The number of nitrogens with zero attached hydrogens (tertiary/aromatic N) is 3. The van der Waals surface area contributed by atoms with Crippen molar-refractivity contribution in [3.05, 3.63) is 60.4 Å². The van der Waals surface area contributed by atoms with Gasteiger partial charge < -0.3 is 13.7 Å². The van der Waals surface area contributed by atoms with Gasteiger partial charge >= 0.3 is 0 Å². The van der Waals surface area contributed by atoms with E-state index < -0.39 is 0 Å². The summed E-state index contributed by atoms with van der Waals surface area (Å²) in [5.41, 5.74) is 3.86. The molecule has 3 aromatic rings. The van der Waals surface area contributed by atoms with Gasteiger partial charge in [-0.3, -0.25) is 4.90 Å². The molecule has 0 saturated carbocycles. The summed E-state index contributed by atoms with van der Waals surface area (Å²) in [4.78, 5) is 7.28. The Hall–Kier alpha value is -2.53.